The van der Waals surface area contributed by atoms with Crippen LogP contribution in [0.1, 0.15) is 32.4 Å². The summed E-state index contributed by atoms with van der Waals surface area (Å²) in [5.74, 6) is -0.115. The molecule has 2 atom stereocenters. The van der Waals surface area contributed by atoms with Gasteiger partial charge in [-0.05, 0) is 26.8 Å². The molecule has 0 spiro atoms. The highest BCUT2D eigenvalue weighted by molar-refractivity contribution is 5.67. The summed E-state index contributed by atoms with van der Waals surface area (Å²) in [5, 5.41) is 31.7. The quantitative estimate of drug-likeness (QED) is 0.668. The van der Waals surface area contributed by atoms with Gasteiger partial charge in [0, 0.05) is 12.1 Å². The van der Waals surface area contributed by atoms with E-state index in [1.54, 1.807) is 32.9 Å². The number of phenols is 1. The van der Waals surface area contributed by atoms with E-state index in [4.69, 9.17) is 4.74 Å². The van der Waals surface area contributed by atoms with Gasteiger partial charge >= 0.3 is 6.09 Å². The van der Waals surface area contributed by atoms with Gasteiger partial charge in [-0.1, -0.05) is 18.2 Å². The van der Waals surface area contributed by atoms with E-state index in [0.29, 0.717) is 0 Å². The lowest BCUT2D eigenvalue weighted by atomic mass is 10.0. The summed E-state index contributed by atoms with van der Waals surface area (Å²) in [6.45, 7) is 4.98. The van der Waals surface area contributed by atoms with Gasteiger partial charge in [0.05, 0.1) is 0 Å². The molecule has 4 N–H and O–H groups in total. The van der Waals surface area contributed by atoms with E-state index in [1.807, 2.05) is 0 Å². The molecular formula is C14H21NO5. The number of benzene rings is 1. The number of nitrogens with one attached hydrogen (secondary N) is 1. The zero-order chi connectivity index (χ0) is 15.3. The molecule has 1 rings (SSSR count). The van der Waals surface area contributed by atoms with E-state index < -0.39 is 23.9 Å². The summed E-state index contributed by atoms with van der Waals surface area (Å²) in [6.07, 6.45) is -3.23. The molecule has 0 aromatic heterocycles. The van der Waals surface area contributed by atoms with Gasteiger partial charge in [-0.15, -0.1) is 0 Å². The van der Waals surface area contributed by atoms with Crippen LogP contribution < -0.4 is 5.32 Å². The second-order valence-corrected chi connectivity index (χ2v) is 5.45. The van der Waals surface area contributed by atoms with Crippen LogP contribution in [0.3, 0.4) is 0 Å². The summed E-state index contributed by atoms with van der Waals surface area (Å²) >= 11 is 0. The Bertz CT molecular complexity index is 455. The third-order valence-corrected chi connectivity index (χ3v) is 2.47. The molecule has 1 aromatic carbocycles. The third-order valence-electron chi connectivity index (χ3n) is 2.47. The van der Waals surface area contributed by atoms with E-state index in [1.165, 1.54) is 12.1 Å². The standard InChI is InChI=1S/C14H21NO5/c1-14(2,3)20-13(19)15-8-11(17)12(18)9-6-4-5-7-10(9)16/h4-7,11-12,16-18H,8H2,1-3H3,(H,15,19). The maximum absolute atomic E-state index is 11.4. The van der Waals surface area contributed by atoms with Crippen molar-refractivity contribution in [2.45, 2.75) is 38.6 Å². The molecule has 0 fully saturated rings. The molecule has 0 aliphatic heterocycles. The fraction of sp³-hybridized carbons (Fsp3) is 0.500. The van der Waals surface area contributed by atoms with Gasteiger partial charge in [0.2, 0.25) is 0 Å². The number of carbonyl (C=O) groups is 1. The lowest BCUT2D eigenvalue weighted by Crippen LogP contribution is -2.38. The molecule has 6 heteroatoms. The number of rotatable bonds is 4. The first-order valence-corrected chi connectivity index (χ1v) is 6.31. The molecule has 20 heavy (non-hydrogen) atoms. The number of amides is 1. The van der Waals surface area contributed by atoms with Crippen LogP contribution in [0, 0.1) is 0 Å². The highest BCUT2D eigenvalue weighted by atomic mass is 16.6. The minimum atomic E-state index is -1.30. The highest BCUT2D eigenvalue weighted by Gasteiger charge is 2.23. The van der Waals surface area contributed by atoms with Crippen molar-refractivity contribution in [3.63, 3.8) is 0 Å². The number of hydrogen-bond donors (Lipinski definition) is 4. The molecule has 6 nitrogen and oxygen atoms in total. The minimum Gasteiger partial charge on any atom is -0.508 e. The van der Waals surface area contributed by atoms with E-state index in [0.717, 1.165) is 0 Å². The summed E-state index contributed by atoms with van der Waals surface area (Å²) < 4.78 is 5.01. The molecule has 0 saturated heterocycles. The second-order valence-electron chi connectivity index (χ2n) is 5.45. The van der Waals surface area contributed by atoms with Crippen molar-refractivity contribution in [3.05, 3.63) is 29.8 Å². The Morgan fingerprint density at radius 3 is 2.45 bits per heavy atom. The monoisotopic (exact) mass is 283 g/mol. The number of aromatic hydroxyl groups is 1. The molecule has 0 aliphatic rings. The predicted molar refractivity (Wildman–Crippen MR) is 73.3 cm³/mol. The molecule has 2 unspecified atom stereocenters. The van der Waals surface area contributed by atoms with Crippen molar-refractivity contribution in [1.82, 2.24) is 5.32 Å². The Morgan fingerprint density at radius 2 is 1.90 bits per heavy atom. The van der Waals surface area contributed by atoms with Gasteiger partial charge in [-0.2, -0.15) is 0 Å². The van der Waals surface area contributed by atoms with Gasteiger partial charge in [0.25, 0.3) is 0 Å². The number of para-hydroxylation sites is 1. The Morgan fingerprint density at radius 1 is 1.30 bits per heavy atom. The molecular weight excluding hydrogens is 262 g/mol. The Balaban J connectivity index is 2.53. The molecule has 1 aromatic rings. The van der Waals surface area contributed by atoms with Crippen molar-refractivity contribution in [2.75, 3.05) is 6.54 Å². The van der Waals surface area contributed by atoms with Crippen molar-refractivity contribution in [3.8, 4) is 5.75 Å². The predicted octanol–water partition coefficient (Wildman–Crippen LogP) is 1.31. The first-order chi connectivity index (χ1) is 9.20. The fourth-order valence-electron chi connectivity index (χ4n) is 1.56. The van der Waals surface area contributed by atoms with Crippen LogP contribution in [0.25, 0.3) is 0 Å². The third kappa shape index (κ3) is 5.07. The maximum Gasteiger partial charge on any atom is 0.407 e. The summed E-state index contributed by atoms with van der Waals surface area (Å²) in [4.78, 5) is 11.4. The van der Waals surface area contributed by atoms with Crippen molar-refractivity contribution in [1.29, 1.82) is 0 Å². The van der Waals surface area contributed by atoms with Crippen LogP contribution >= 0.6 is 0 Å². The van der Waals surface area contributed by atoms with Crippen LogP contribution in [0.5, 0.6) is 5.75 Å². The van der Waals surface area contributed by atoms with E-state index in [9.17, 15) is 20.1 Å². The summed E-state index contributed by atoms with van der Waals surface area (Å²) in [5.41, 5.74) is -0.434. The molecule has 1 amide bonds. The van der Waals surface area contributed by atoms with E-state index in [2.05, 4.69) is 5.32 Å². The molecule has 0 radical (unpaired) electrons. The SMILES string of the molecule is CC(C)(C)OC(=O)NCC(O)C(O)c1ccccc1O. The molecule has 0 bridgehead atoms. The van der Waals surface area contributed by atoms with Crippen LogP contribution in [-0.4, -0.2) is 39.7 Å². The minimum absolute atomic E-state index is 0.115. The first kappa shape index (κ1) is 16.3. The zero-order valence-electron chi connectivity index (χ0n) is 11.8. The molecule has 0 saturated carbocycles. The zero-order valence-corrected chi connectivity index (χ0v) is 11.8. The number of phenolic OH excluding ortho intramolecular Hbond substituents is 1. The highest BCUT2D eigenvalue weighted by Crippen LogP contribution is 2.25. The Labute approximate surface area is 118 Å². The number of alkyl carbamates (subject to hydrolysis) is 1. The number of aliphatic hydroxyl groups is 2. The van der Waals surface area contributed by atoms with Crippen molar-refractivity contribution < 1.29 is 24.9 Å². The van der Waals surface area contributed by atoms with Gasteiger partial charge < -0.3 is 25.4 Å². The van der Waals surface area contributed by atoms with Crippen LogP contribution in [0.15, 0.2) is 24.3 Å². The molecule has 112 valence electrons. The topological polar surface area (TPSA) is 99.0 Å². The number of hydrogen-bond acceptors (Lipinski definition) is 5. The van der Waals surface area contributed by atoms with Crippen molar-refractivity contribution in [2.24, 2.45) is 0 Å². The average molecular weight is 283 g/mol. The van der Waals surface area contributed by atoms with Gasteiger partial charge in [-0.25, -0.2) is 4.79 Å². The largest absolute Gasteiger partial charge is 0.508 e. The summed E-state index contributed by atoms with van der Waals surface area (Å²) in [6, 6.07) is 6.15. The van der Waals surface area contributed by atoms with Gasteiger partial charge in [-0.3, -0.25) is 0 Å². The lowest BCUT2D eigenvalue weighted by Gasteiger charge is -2.22. The molecule has 0 heterocycles. The smallest absolute Gasteiger partial charge is 0.407 e. The Hall–Kier alpha value is -1.79. The van der Waals surface area contributed by atoms with Crippen LogP contribution in [0.4, 0.5) is 4.79 Å². The first-order valence-electron chi connectivity index (χ1n) is 6.31. The molecule has 0 aliphatic carbocycles. The van der Waals surface area contributed by atoms with Gasteiger partial charge in [0.15, 0.2) is 0 Å². The Kier molecular flexibility index (Phi) is 5.35. The van der Waals surface area contributed by atoms with E-state index in [-0.39, 0.29) is 17.9 Å². The van der Waals surface area contributed by atoms with Crippen LogP contribution in [0.2, 0.25) is 0 Å². The van der Waals surface area contributed by atoms with E-state index >= 15 is 0 Å². The number of aliphatic hydroxyl groups excluding tert-OH is 2. The lowest BCUT2D eigenvalue weighted by molar-refractivity contribution is 0.0119. The number of ether oxygens (including phenoxy) is 1. The van der Waals surface area contributed by atoms with Gasteiger partial charge in [0.1, 0.15) is 23.6 Å². The second kappa shape index (κ2) is 6.58. The maximum atomic E-state index is 11.4. The number of carbonyl (C=O) groups excluding carboxylic acids is 1. The summed E-state index contributed by atoms with van der Waals surface area (Å²) in [7, 11) is 0. The normalized spacial score (nSPS) is 14.4. The fourth-order valence-corrected chi connectivity index (χ4v) is 1.56. The van der Waals surface area contributed by atoms with Crippen molar-refractivity contribution >= 4 is 6.09 Å². The van der Waals surface area contributed by atoms with Crippen LogP contribution in [-0.2, 0) is 4.74 Å². The average Bonchev–Trinajstić information content (AvgIpc) is 2.33.